The van der Waals surface area contributed by atoms with E-state index in [-0.39, 0.29) is 0 Å². The lowest BCUT2D eigenvalue weighted by Crippen LogP contribution is -1.93. The van der Waals surface area contributed by atoms with Crippen LogP contribution in [0.5, 0.6) is 23.0 Å². The van der Waals surface area contributed by atoms with Crippen LogP contribution in [0.15, 0.2) is 72.8 Å². The predicted octanol–water partition coefficient (Wildman–Crippen LogP) is 4.42. The minimum absolute atomic E-state index is 0.633. The first-order valence-corrected chi connectivity index (χ1v) is 7.34. The number of nitrogen functional groups attached to an aromatic ring is 1. The molecule has 3 aromatic rings. The molecule has 1 amide bonds. The van der Waals surface area contributed by atoms with Crippen LogP contribution < -0.4 is 20.5 Å². The largest absolute Gasteiger partial charge is 0.457 e. The maximum absolute atomic E-state index is 10.4. The van der Waals surface area contributed by atoms with E-state index in [2.05, 4.69) is 5.32 Å². The van der Waals surface area contributed by atoms with E-state index < -0.39 is 0 Å². The average molecular weight is 320 g/mol. The first-order valence-electron chi connectivity index (χ1n) is 7.34. The fourth-order valence-electron chi connectivity index (χ4n) is 2.10. The molecule has 0 aromatic heterocycles. The Hall–Kier alpha value is -3.47. The molecule has 3 aromatic carbocycles. The Balaban J connectivity index is 1.70. The van der Waals surface area contributed by atoms with Crippen LogP contribution in [-0.4, -0.2) is 6.41 Å². The minimum atomic E-state index is 0.633. The Bertz CT molecular complexity index is 815. The molecule has 3 rings (SSSR count). The molecular weight excluding hydrogens is 304 g/mol. The molecule has 0 heterocycles. The van der Waals surface area contributed by atoms with Crippen molar-refractivity contribution in [2.24, 2.45) is 0 Å². The summed E-state index contributed by atoms with van der Waals surface area (Å²) in [6.07, 6.45) is 0.633. The van der Waals surface area contributed by atoms with E-state index in [4.69, 9.17) is 15.2 Å². The monoisotopic (exact) mass is 320 g/mol. The molecule has 0 spiro atoms. The maximum Gasteiger partial charge on any atom is 0.211 e. The molecule has 0 aliphatic rings. The molecule has 0 aliphatic carbocycles. The molecular formula is C19H16N2O3. The van der Waals surface area contributed by atoms with Gasteiger partial charge in [-0.1, -0.05) is 6.07 Å². The van der Waals surface area contributed by atoms with Gasteiger partial charge in [-0.3, -0.25) is 4.79 Å². The van der Waals surface area contributed by atoms with Gasteiger partial charge in [0.25, 0.3) is 0 Å². The normalized spacial score (nSPS) is 10.0. The lowest BCUT2D eigenvalue weighted by atomic mass is 10.3. The molecule has 0 radical (unpaired) electrons. The number of carbonyl (C=O) groups excluding carboxylic acids is 1. The van der Waals surface area contributed by atoms with Gasteiger partial charge in [0.15, 0.2) is 0 Å². The zero-order valence-electron chi connectivity index (χ0n) is 12.8. The van der Waals surface area contributed by atoms with E-state index in [0.717, 1.165) is 0 Å². The van der Waals surface area contributed by atoms with Gasteiger partial charge < -0.3 is 20.5 Å². The van der Waals surface area contributed by atoms with Crippen molar-refractivity contribution in [3.63, 3.8) is 0 Å². The highest BCUT2D eigenvalue weighted by molar-refractivity contribution is 5.71. The van der Waals surface area contributed by atoms with E-state index in [9.17, 15) is 4.79 Å². The van der Waals surface area contributed by atoms with Gasteiger partial charge in [0.2, 0.25) is 6.41 Å². The standard InChI is InChI=1S/C19H16N2O3/c20-14-4-8-16(9-5-14)23-18-2-1-3-19(12-18)24-17-10-6-15(7-11-17)21-13-22/h1-13H,20H2,(H,21,22). The second-order valence-electron chi connectivity index (χ2n) is 5.03. The average Bonchev–Trinajstić information content (AvgIpc) is 2.59. The summed E-state index contributed by atoms with van der Waals surface area (Å²) in [5.74, 6) is 2.68. The molecule has 0 bridgehead atoms. The molecule has 0 unspecified atom stereocenters. The third-order valence-corrected chi connectivity index (χ3v) is 3.24. The summed E-state index contributed by atoms with van der Waals surface area (Å²) in [7, 11) is 0. The topological polar surface area (TPSA) is 73.6 Å². The zero-order valence-corrected chi connectivity index (χ0v) is 12.8. The van der Waals surface area contributed by atoms with E-state index in [0.29, 0.717) is 40.8 Å². The number of amides is 1. The highest BCUT2D eigenvalue weighted by atomic mass is 16.5. The molecule has 5 heteroatoms. The fourth-order valence-corrected chi connectivity index (χ4v) is 2.10. The van der Waals surface area contributed by atoms with E-state index in [1.54, 1.807) is 42.5 Å². The van der Waals surface area contributed by atoms with E-state index in [1.165, 1.54) is 0 Å². The summed E-state index contributed by atoms with van der Waals surface area (Å²) >= 11 is 0. The maximum atomic E-state index is 10.4. The van der Waals surface area contributed by atoms with Gasteiger partial charge in [-0.05, 0) is 60.7 Å². The Morgan fingerprint density at radius 2 is 1.29 bits per heavy atom. The van der Waals surface area contributed by atoms with E-state index in [1.807, 2.05) is 30.3 Å². The SMILES string of the molecule is Nc1ccc(Oc2cccc(Oc3ccc(NC=O)cc3)c2)cc1. The highest BCUT2D eigenvalue weighted by Gasteiger charge is 2.02. The molecule has 24 heavy (non-hydrogen) atoms. The summed E-state index contributed by atoms with van der Waals surface area (Å²) in [4.78, 5) is 10.4. The molecule has 0 saturated heterocycles. The van der Waals surface area contributed by atoms with Gasteiger partial charge >= 0.3 is 0 Å². The third-order valence-electron chi connectivity index (χ3n) is 3.24. The Labute approximate surface area is 139 Å². The first-order chi connectivity index (χ1) is 11.7. The van der Waals surface area contributed by atoms with Crippen LogP contribution in [0.3, 0.4) is 0 Å². The molecule has 5 nitrogen and oxygen atoms in total. The second-order valence-corrected chi connectivity index (χ2v) is 5.03. The van der Waals surface area contributed by atoms with Gasteiger partial charge in [0, 0.05) is 17.4 Å². The van der Waals surface area contributed by atoms with Crippen molar-refractivity contribution in [3.8, 4) is 23.0 Å². The number of anilines is 2. The van der Waals surface area contributed by atoms with E-state index >= 15 is 0 Å². The second kappa shape index (κ2) is 7.19. The number of rotatable bonds is 6. The number of nitrogens with two attached hydrogens (primary N) is 1. The van der Waals surface area contributed by atoms with Crippen LogP contribution in [0.25, 0.3) is 0 Å². The van der Waals surface area contributed by atoms with Crippen molar-refractivity contribution >= 4 is 17.8 Å². The molecule has 0 aliphatic heterocycles. The van der Waals surface area contributed by atoms with Crippen molar-refractivity contribution in [2.45, 2.75) is 0 Å². The van der Waals surface area contributed by atoms with Crippen molar-refractivity contribution in [2.75, 3.05) is 11.1 Å². The minimum Gasteiger partial charge on any atom is -0.457 e. The number of hydrogen-bond acceptors (Lipinski definition) is 4. The lowest BCUT2D eigenvalue weighted by molar-refractivity contribution is -0.105. The molecule has 0 atom stereocenters. The first kappa shape index (κ1) is 15.4. The molecule has 0 saturated carbocycles. The summed E-state index contributed by atoms with van der Waals surface area (Å²) in [5.41, 5.74) is 7.05. The van der Waals surface area contributed by atoms with Gasteiger partial charge in [0.05, 0.1) is 0 Å². The highest BCUT2D eigenvalue weighted by Crippen LogP contribution is 2.29. The van der Waals surface area contributed by atoms with Crippen LogP contribution in [-0.2, 0) is 4.79 Å². The van der Waals surface area contributed by atoms with Crippen molar-refractivity contribution in [3.05, 3.63) is 72.8 Å². The van der Waals surface area contributed by atoms with Crippen LogP contribution in [0.1, 0.15) is 0 Å². The van der Waals surface area contributed by atoms with Gasteiger partial charge in [-0.25, -0.2) is 0 Å². The molecule has 0 fully saturated rings. The Morgan fingerprint density at radius 1 is 0.750 bits per heavy atom. The number of benzene rings is 3. The number of ether oxygens (including phenoxy) is 2. The Morgan fingerprint density at radius 3 is 1.83 bits per heavy atom. The molecule has 3 N–H and O–H groups in total. The van der Waals surface area contributed by atoms with Gasteiger partial charge in [-0.2, -0.15) is 0 Å². The predicted molar refractivity (Wildman–Crippen MR) is 93.6 cm³/mol. The third kappa shape index (κ3) is 4.04. The van der Waals surface area contributed by atoms with Crippen LogP contribution in [0.2, 0.25) is 0 Å². The molecule has 120 valence electrons. The van der Waals surface area contributed by atoms with Gasteiger partial charge in [-0.15, -0.1) is 0 Å². The van der Waals surface area contributed by atoms with Gasteiger partial charge in [0.1, 0.15) is 23.0 Å². The number of nitrogens with one attached hydrogen (secondary N) is 1. The van der Waals surface area contributed by atoms with Crippen LogP contribution in [0.4, 0.5) is 11.4 Å². The summed E-state index contributed by atoms with van der Waals surface area (Å²) in [5, 5.41) is 2.57. The van der Waals surface area contributed by atoms with Crippen LogP contribution >= 0.6 is 0 Å². The van der Waals surface area contributed by atoms with Crippen LogP contribution in [0, 0.1) is 0 Å². The quantitative estimate of drug-likeness (QED) is 0.521. The zero-order chi connectivity index (χ0) is 16.8. The summed E-state index contributed by atoms with van der Waals surface area (Å²) in [6.45, 7) is 0. The summed E-state index contributed by atoms with van der Waals surface area (Å²) < 4.78 is 11.6. The number of hydrogen-bond donors (Lipinski definition) is 2. The smallest absolute Gasteiger partial charge is 0.211 e. The fraction of sp³-hybridized carbons (Fsp3) is 0. The lowest BCUT2D eigenvalue weighted by Gasteiger charge is -2.09. The van der Waals surface area contributed by atoms with Crippen molar-refractivity contribution < 1.29 is 14.3 Å². The summed E-state index contributed by atoms with van der Waals surface area (Å²) in [6, 6.07) is 21.6. The Kier molecular flexibility index (Phi) is 4.62. The number of carbonyl (C=O) groups is 1. The van der Waals surface area contributed by atoms with Crippen molar-refractivity contribution in [1.82, 2.24) is 0 Å². The van der Waals surface area contributed by atoms with Crippen molar-refractivity contribution in [1.29, 1.82) is 0 Å².